The van der Waals surface area contributed by atoms with Crippen LogP contribution in [0.15, 0.2) is 24.3 Å². The number of nitrogen functional groups attached to an aromatic ring is 1. The second-order valence-electron chi connectivity index (χ2n) is 8.35. The van der Waals surface area contributed by atoms with E-state index in [1.807, 2.05) is 0 Å². The summed E-state index contributed by atoms with van der Waals surface area (Å²) < 4.78 is 31.7. The van der Waals surface area contributed by atoms with E-state index in [1.54, 1.807) is 0 Å². The Morgan fingerprint density at radius 1 is 1.28 bits per heavy atom. The van der Waals surface area contributed by atoms with E-state index in [-0.39, 0.29) is 0 Å². The van der Waals surface area contributed by atoms with Crippen LogP contribution in [0.25, 0.3) is 5.57 Å². The van der Waals surface area contributed by atoms with Gasteiger partial charge in [0.05, 0.1) is 0 Å². The first-order valence-corrected chi connectivity index (χ1v) is 9.79. The molecule has 1 aliphatic heterocycles. The molecule has 5 nitrogen and oxygen atoms in total. The number of alkyl halides is 3. The highest BCUT2D eigenvalue weighted by atomic mass is 19.4. The quantitative estimate of drug-likeness (QED) is 0.655. The predicted octanol–water partition coefficient (Wildman–Crippen LogP) is 3.90. The van der Waals surface area contributed by atoms with Crippen molar-refractivity contribution in [3.05, 3.63) is 35.4 Å². The van der Waals surface area contributed by atoms with Crippen LogP contribution in [0.4, 0.5) is 18.9 Å². The summed E-state index contributed by atoms with van der Waals surface area (Å²) in [7, 11) is 0. The Morgan fingerprint density at radius 2 is 1.90 bits per heavy atom. The molecule has 0 aromatic heterocycles. The van der Waals surface area contributed by atoms with Gasteiger partial charge in [-0.15, -0.1) is 0 Å². The minimum absolute atomic E-state index is 0.441. The van der Waals surface area contributed by atoms with Crippen LogP contribution in [0.1, 0.15) is 44.2 Å². The van der Waals surface area contributed by atoms with Crippen LogP contribution in [0.2, 0.25) is 0 Å². The monoisotopic (exact) mass is 413 g/mol. The maximum absolute atomic E-state index is 10.6. The third-order valence-corrected chi connectivity index (χ3v) is 5.29. The van der Waals surface area contributed by atoms with Crippen molar-refractivity contribution < 1.29 is 23.1 Å². The molecule has 0 bridgehead atoms. The van der Waals surface area contributed by atoms with Crippen LogP contribution in [0, 0.1) is 5.41 Å². The Morgan fingerprint density at radius 3 is 2.41 bits per heavy atom. The van der Waals surface area contributed by atoms with Gasteiger partial charge in [-0.3, -0.25) is 4.90 Å². The Hall–Kier alpha value is -2.06. The van der Waals surface area contributed by atoms with Gasteiger partial charge in [0.2, 0.25) is 0 Å². The molecule has 162 valence electrons. The van der Waals surface area contributed by atoms with Crippen molar-refractivity contribution >= 4 is 17.2 Å². The minimum Gasteiger partial charge on any atom is -0.475 e. The summed E-state index contributed by atoms with van der Waals surface area (Å²) in [5.41, 5.74) is 11.7. The number of nitrogens with two attached hydrogens (primary N) is 1. The van der Waals surface area contributed by atoms with Gasteiger partial charge in [-0.25, -0.2) is 4.79 Å². The van der Waals surface area contributed by atoms with Gasteiger partial charge in [-0.05, 0) is 47.9 Å². The molecule has 0 unspecified atom stereocenters. The number of nitrogens with zero attached hydrogens (tertiary/aromatic N) is 1. The molecule has 1 aromatic carbocycles. The van der Waals surface area contributed by atoms with Crippen molar-refractivity contribution in [2.24, 2.45) is 5.41 Å². The molecule has 0 saturated carbocycles. The number of halogens is 3. The topological polar surface area (TPSA) is 78.6 Å². The molecule has 8 heteroatoms. The highest BCUT2D eigenvalue weighted by Gasteiger charge is 2.38. The van der Waals surface area contributed by atoms with Crippen LogP contribution < -0.4 is 11.1 Å². The molecule has 29 heavy (non-hydrogen) atoms. The second kappa shape index (κ2) is 9.63. The average molecular weight is 413 g/mol. The van der Waals surface area contributed by atoms with Gasteiger partial charge in [0, 0.05) is 44.0 Å². The lowest BCUT2D eigenvalue weighted by Gasteiger charge is -2.30. The number of allylic oxidation sites excluding steroid dienone is 2. The van der Waals surface area contributed by atoms with Crippen LogP contribution in [0.5, 0.6) is 0 Å². The summed E-state index contributed by atoms with van der Waals surface area (Å²) in [6.45, 7) is 10.2. The van der Waals surface area contributed by atoms with E-state index >= 15 is 0 Å². The highest BCUT2D eigenvalue weighted by molar-refractivity contribution is 5.76. The van der Waals surface area contributed by atoms with Gasteiger partial charge in [-0.2, -0.15) is 13.2 Å². The summed E-state index contributed by atoms with van der Waals surface area (Å²) in [6.07, 6.45) is 0.877. The molecule has 0 atom stereocenters. The average Bonchev–Trinajstić information content (AvgIpc) is 2.64. The van der Waals surface area contributed by atoms with E-state index in [0.29, 0.717) is 5.41 Å². The molecular weight excluding hydrogens is 383 g/mol. The Bertz CT molecular complexity index is 739. The first kappa shape index (κ1) is 23.2. The number of anilines is 1. The molecule has 0 amide bonds. The van der Waals surface area contributed by atoms with E-state index in [9.17, 15) is 13.2 Å². The van der Waals surface area contributed by atoms with E-state index in [2.05, 4.69) is 48.3 Å². The van der Waals surface area contributed by atoms with Gasteiger partial charge in [-0.1, -0.05) is 26.0 Å². The highest BCUT2D eigenvalue weighted by Crippen LogP contribution is 2.39. The fraction of sp³-hybridized carbons (Fsp3) is 0.571. The van der Waals surface area contributed by atoms with Crippen molar-refractivity contribution in [2.75, 3.05) is 31.9 Å². The summed E-state index contributed by atoms with van der Waals surface area (Å²) in [6, 6.07) is 6.60. The zero-order valence-electron chi connectivity index (χ0n) is 17.0. The number of hydrogen-bond acceptors (Lipinski definition) is 4. The SMILES string of the molecule is CC1(C)CC=C(c2cc(CN3CCNCC3)ccc2N)CC1.O=C(O)C(F)(F)F. The molecule has 4 N–H and O–H groups in total. The number of aliphatic carboxylic acids is 1. The zero-order valence-corrected chi connectivity index (χ0v) is 17.0. The lowest BCUT2D eigenvalue weighted by molar-refractivity contribution is -0.192. The number of nitrogens with one attached hydrogen (secondary N) is 1. The van der Waals surface area contributed by atoms with Crippen LogP contribution >= 0.6 is 0 Å². The summed E-state index contributed by atoms with van der Waals surface area (Å²) >= 11 is 0. The molecule has 0 radical (unpaired) electrons. The van der Waals surface area contributed by atoms with E-state index in [1.165, 1.54) is 23.1 Å². The van der Waals surface area contributed by atoms with E-state index in [0.717, 1.165) is 51.3 Å². The second-order valence-corrected chi connectivity index (χ2v) is 8.35. The van der Waals surface area contributed by atoms with Gasteiger partial charge in [0.25, 0.3) is 0 Å². The zero-order chi connectivity index (χ0) is 21.7. The summed E-state index contributed by atoms with van der Waals surface area (Å²) in [5.74, 6) is -2.76. The van der Waals surface area contributed by atoms with E-state index in [4.69, 9.17) is 15.6 Å². The molecule has 2 aliphatic rings. The van der Waals surface area contributed by atoms with Gasteiger partial charge < -0.3 is 16.2 Å². The van der Waals surface area contributed by atoms with Gasteiger partial charge in [0.1, 0.15) is 0 Å². The maximum Gasteiger partial charge on any atom is 0.490 e. The fourth-order valence-electron chi connectivity index (χ4n) is 3.43. The Balaban J connectivity index is 0.000000370. The van der Waals surface area contributed by atoms with Crippen molar-refractivity contribution in [1.82, 2.24) is 10.2 Å². The van der Waals surface area contributed by atoms with Crippen LogP contribution in [-0.2, 0) is 11.3 Å². The number of benzene rings is 1. The first-order valence-electron chi connectivity index (χ1n) is 9.79. The predicted molar refractivity (Wildman–Crippen MR) is 108 cm³/mol. The van der Waals surface area contributed by atoms with Crippen molar-refractivity contribution in [3.63, 3.8) is 0 Å². The molecule has 0 spiro atoms. The maximum atomic E-state index is 10.6. The van der Waals surface area contributed by atoms with Crippen molar-refractivity contribution in [1.29, 1.82) is 0 Å². The molecule has 3 rings (SSSR count). The fourth-order valence-corrected chi connectivity index (χ4v) is 3.43. The number of carboxylic acids is 1. The number of carbonyl (C=O) groups is 1. The largest absolute Gasteiger partial charge is 0.490 e. The van der Waals surface area contributed by atoms with Crippen LogP contribution in [0.3, 0.4) is 0 Å². The molecule has 1 aromatic rings. The standard InChI is InChI=1S/C19H29N3.C2HF3O2/c1-19(2)7-5-16(6-8-19)17-13-15(3-4-18(17)20)14-22-11-9-21-10-12-22;3-2(4,5)1(6)7/h3-5,13,21H,6-12,14,20H2,1-2H3;(H,6,7). The third kappa shape index (κ3) is 7.36. The first-order chi connectivity index (χ1) is 13.5. The number of carboxylic acid groups (broad SMARTS) is 1. The molecule has 1 heterocycles. The van der Waals surface area contributed by atoms with Crippen LogP contribution in [-0.4, -0.2) is 48.3 Å². The Labute approximate surface area is 169 Å². The number of hydrogen-bond donors (Lipinski definition) is 3. The van der Waals surface area contributed by atoms with Gasteiger partial charge in [0.15, 0.2) is 0 Å². The van der Waals surface area contributed by atoms with Gasteiger partial charge >= 0.3 is 12.1 Å². The summed E-state index contributed by atoms with van der Waals surface area (Å²) in [4.78, 5) is 11.4. The molecule has 1 fully saturated rings. The third-order valence-electron chi connectivity index (χ3n) is 5.29. The molecule has 1 saturated heterocycles. The minimum atomic E-state index is -5.08. The van der Waals surface area contributed by atoms with E-state index < -0.39 is 12.1 Å². The summed E-state index contributed by atoms with van der Waals surface area (Å²) in [5, 5.41) is 10.5. The Kier molecular flexibility index (Phi) is 7.71. The molecular formula is C21H30F3N3O2. The smallest absolute Gasteiger partial charge is 0.475 e. The number of rotatable bonds is 3. The van der Waals surface area contributed by atoms with Crippen molar-refractivity contribution in [2.45, 2.75) is 45.8 Å². The lowest BCUT2D eigenvalue weighted by Crippen LogP contribution is -2.42. The lowest BCUT2D eigenvalue weighted by atomic mass is 9.77. The molecule has 1 aliphatic carbocycles. The van der Waals surface area contributed by atoms with Crippen molar-refractivity contribution in [3.8, 4) is 0 Å². The normalized spacial score (nSPS) is 19.7. The number of piperazine rings is 1.